The molecule has 0 saturated carbocycles. The SMILES string of the molecule is CC(C)(C)O[C@@H]1[C@@H](OC(C)(C)C)C=[N+]([O-])[C@H]1C[C@H](O)CCO. The summed E-state index contributed by atoms with van der Waals surface area (Å²) in [5.41, 5.74) is -0.830. The van der Waals surface area contributed by atoms with Crippen LogP contribution in [0.1, 0.15) is 54.4 Å². The Labute approximate surface area is 133 Å². The van der Waals surface area contributed by atoms with Gasteiger partial charge in [0.25, 0.3) is 0 Å². The lowest BCUT2D eigenvalue weighted by Gasteiger charge is -2.32. The van der Waals surface area contributed by atoms with E-state index in [1.807, 2.05) is 41.5 Å². The molecule has 0 spiro atoms. The van der Waals surface area contributed by atoms with Gasteiger partial charge < -0.3 is 24.9 Å². The summed E-state index contributed by atoms with van der Waals surface area (Å²) < 4.78 is 12.8. The third-order valence-corrected chi connectivity index (χ3v) is 3.28. The lowest BCUT2D eigenvalue weighted by molar-refractivity contribution is -0.503. The van der Waals surface area contributed by atoms with E-state index in [9.17, 15) is 10.3 Å². The van der Waals surface area contributed by atoms with Crippen LogP contribution in [0, 0.1) is 5.21 Å². The number of aliphatic hydroxyl groups excluding tert-OH is 2. The molecular weight excluding hydrogens is 286 g/mol. The molecule has 1 heterocycles. The molecule has 0 aliphatic carbocycles. The first-order valence-electron chi connectivity index (χ1n) is 7.88. The molecule has 0 amide bonds. The van der Waals surface area contributed by atoms with Gasteiger partial charge in [0.1, 0.15) is 0 Å². The maximum atomic E-state index is 12.2. The monoisotopic (exact) mass is 317 g/mol. The molecule has 1 aliphatic rings. The highest BCUT2D eigenvalue weighted by atomic mass is 16.6. The fourth-order valence-corrected chi connectivity index (χ4v) is 2.55. The third-order valence-electron chi connectivity index (χ3n) is 3.28. The number of ether oxygens (including phenoxy) is 2. The lowest BCUT2D eigenvalue weighted by Crippen LogP contribution is -2.46. The summed E-state index contributed by atoms with van der Waals surface area (Å²) in [5, 5.41) is 31.1. The van der Waals surface area contributed by atoms with Crippen molar-refractivity contribution in [3.05, 3.63) is 5.21 Å². The molecule has 0 bridgehead atoms. The van der Waals surface area contributed by atoms with Crippen molar-refractivity contribution in [3.63, 3.8) is 0 Å². The Morgan fingerprint density at radius 3 is 2.14 bits per heavy atom. The molecule has 6 nitrogen and oxygen atoms in total. The van der Waals surface area contributed by atoms with Gasteiger partial charge in [0.2, 0.25) is 0 Å². The average molecular weight is 317 g/mol. The van der Waals surface area contributed by atoms with Crippen LogP contribution in [-0.2, 0) is 9.47 Å². The van der Waals surface area contributed by atoms with Gasteiger partial charge in [-0.2, -0.15) is 0 Å². The van der Waals surface area contributed by atoms with Gasteiger partial charge in [-0.3, -0.25) is 0 Å². The second-order valence-corrected chi connectivity index (χ2v) is 7.87. The van der Waals surface area contributed by atoms with Crippen molar-refractivity contribution < 1.29 is 24.4 Å². The number of hydrogen-bond acceptors (Lipinski definition) is 5. The van der Waals surface area contributed by atoms with Crippen LogP contribution in [-0.4, -0.2) is 63.3 Å². The van der Waals surface area contributed by atoms with Crippen LogP contribution in [0.5, 0.6) is 0 Å². The van der Waals surface area contributed by atoms with Crippen LogP contribution < -0.4 is 0 Å². The summed E-state index contributed by atoms with van der Waals surface area (Å²) >= 11 is 0. The Morgan fingerprint density at radius 1 is 1.14 bits per heavy atom. The maximum absolute atomic E-state index is 12.2. The first-order chi connectivity index (χ1) is 9.93. The number of nitrogens with zero attached hydrogens (tertiary/aromatic N) is 1. The fraction of sp³-hybridized carbons (Fsp3) is 0.938. The van der Waals surface area contributed by atoms with Crippen LogP contribution >= 0.6 is 0 Å². The summed E-state index contributed by atoms with van der Waals surface area (Å²) in [5.74, 6) is 0. The van der Waals surface area contributed by atoms with Crippen molar-refractivity contribution in [2.24, 2.45) is 0 Å². The second-order valence-electron chi connectivity index (χ2n) is 7.87. The molecule has 0 fully saturated rings. The van der Waals surface area contributed by atoms with Crippen molar-refractivity contribution in [2.45, 2.75) is 89.9 Å². The first-order valence-corrected chi connectivity index (χ1v) is 7.88. The molecular formula is C16H31NO5. The van der Waals surface area contributed by atoms with E-state index in [-0.39, 0.29) is 19.4 Å². The minimum atomic E-state index is -0.737. The fourth-order valence-electron chi connectivity index (χ4n) is 2.55. The third kappa shape index (κ3) is 6.20. The van der Waals surface area contributed by atoms with Gasteiger partial charge >= 0.3 is 0 Å². The molecule has 0 aromatic rings. The molecule has 0 saturated heterocycles. The van der Waals surface area contributed by atoms with Crippen LogP contribution in [0.25, 0.3) is 0 Å². The molecule has 0 aromatic carbocycles. The van der Waals surface area contributed by atoms with Crippen molar-refractivity contribution in [1.29, 1.82) is 0 Å². The Bertz CT molecular complexity index is 383. The largest absolute Gasteiger partial charge is 0.624 e. The molecule has 130 valence electrons. The molecule has 0 radical (unpaired) electrons. The zero-order valence-corrected chi connectivity index (χ0v) is 14.6. The molecule has 22 heavy (non-hydrogen) atoms. The topological polar surface area (TPSA) is 85.0 Å². The van der Waals surface area contributed by atoms with E-state index in [1.54, 1.807) is 0 Å². The Hall–Kier alpha value is -0.690. The van der Waals surface area contributed by atoms with Gasteiger partial charge in [0, 0.05) is 13.0 Å². The molecule has 4 atom stereocenters. The van der Waals surface area contributed by atoms with E-state index in [2.05, 4.69) is 0 Å². The summed E-state index contributed by atoms with van der Waals surface area (Å²) in [4.78, 5) is 0. The first kappa shape index (κ1) is 19.4. The van der Waals surface area contributed by atoms with E-state index >= 15 is 0 Å². The predicted molar refractivity (Wildman–Crippen MR) is 85.1 cm³/mol. The average Bonchev–Trinajstić information content (AvgIpc) is 2.53. The Balaban J connectivity index is 2.90. The Kier molecular flexibility index (Phi) is 6.38. The van der Waals surface area contributed by atoms with Gasteiger partial charge in [-0.05, 0) is 48.0 Å². The molecule has 0 unspecified atom stereocenters. The van der Waals surface area contributed by atoms with Crippen molar-refractivity contribution in [1.82, 2.24) is 0 Å². The zero-order chi connectivity index (χ0) is 17.1. The van der Waals surface area contributed by atoms with Crippen molar-refractivity contribution >= 4 is 6.21 Å². The molecule has 1 rings (SSSR count). The summed E-state index contributed by atoms with van der Waals surface area (Å²) in [6.07, 6.45) is 0.327. The second kappa shape index (κ2) is 7.25. The predicted octanol–water partition coefficient (Wildman–Crippen LogP) is 1.45. The lowest BCUT2D eigenvalue weighted by atomic mass is 9.99. The highest BCUT2D eigenvalue weighted by molar-refractivity contribution is 5.61. The summed E-state index contributed by atoms with van der Waals surface area (Å²) in [7, 11) is 0. The van der Waals surface area contributed by atoms with Crippen LogP contribution in [0.15, 0.2) is 0 Å². The van der Waals surface area contributed by atoms with Crippen molar-refractivity contribution in [2.75, 3.05) is 6.61 Å². The van der Waals surface area contributed by atoms with Gasteiger partial charge in [-0.25, -0.2) is 4.74 Å². The van der Waals surface area contributed by atoms with Gasteiger partial charge in [0.05, 0.1) is 17.3 Å². The smallest absolute Gasteiger partial charge is 0.194 e. The van der Waals surface area contributed by atoms with Gasteiger partial charge in [0.15, 0.2) is 24.5 Å². The van der Waals surface area contributed by atoms with E-state index in [0.29, 0.717) is 0 Å². The molecule has 6 heteroatoms. The minimum Gasteiger partial charge on any atom is -0.624 e. The summed E-state index contributed by atoms with van der Waals surface area (Å²) in [6.45, 7) is 11.5. The highest BCUT2D eigenvalue weighted by Gasteiger charge is 2.47. The number of hydroxylamine groups is 1. The molecule has 1 aliphatic heterocycles. The van der Waals surface area contributed by atoms with Gasteiger partial charge in [-0.15, -0.1) is 0 Å². The van der Waals surface area contributed by atoms with E-state index in [0.717, 1.165) is 4.74 Å². The number of aliphatic hydroxyl groups is 2. The number of hydrogen-bond donors (Lipinski definition) is 2. The van der Waals surface area contributed by atoms with E-state index < -0.39 is 35.6 Å². The van der Waals surface area contributed by atoms with Crippen LogP contribution in [0.4, 0.5) is 0 Å². The van der Waals surface area contributed by atoms with Crippen molar-refractivity contribution in [3.8, 4) is 0 Å². The van der Waals surface area contributed by atoms with E-state index in [4.69, 9.17) is 14.6 Å². The standard InChI is InChI=1S/C16H31NO5/c1-15(2,3)21-13-10-17(20)12(9-11(19)7-8-18)14(13)22-16(4,5)6/h10-14,18-19H,7-9H2,1-6H3/t11-,12+,13+,14+/m1/s1. The zero-order valence-electron chi connectivity index (χ0n) is 14.6. The maximum Gasteiger partial charge on any atom is 0.194 e. The van der Waals surface area contributed by atoms with E-state index in [1.165, 1.54) is 6.21 Å². The minimum absolute atomic E-state index is 0.108. The molecule has 0 aromatic heterocycles. The number of rotatable bonds is 6. The normalized spacial score (nSPS) is 27.8. The van der Waals surface area contributed by atoms with Crippen LogP contribution in [0.2, 0.25) is 0 Å². The van der Waals surface area contributed by atoms with Gasteiger partial charge in [-0.1, -0.05) is 0 Å². The van der Waals surface area contributed by atoms with Crippen LogP contribution in [0.3, 0.4) is 0 Å². The highest BCUT2D eigenvalue weighted by Crippen LogP contribution is 2.28. The Morgan fingerprint density at radius 2 is 1.68 bits per heavy atom. The molecule has 2 N–H and O–H groups in total. The summed E-state index contributed by atoms with van der Waals surface area (Å²) in [6, 6.07) is -0.520. The quantitative estimate of drug-likeness (QED) is 0.572.